The highest BCUT2D eigenvalue weighted by Crippen LogP contribution is 2.35. The molecular formula is C17H12F3N5O2S. The summed E-state index contributed by atoms with van der Waals surface area (Å²) in [4.78, 5) is 3.28. The van der Waals surface area contributed by atoms with E-state index < -0.39 is 26.7 Å². The lowest BCUT2D eigenvalue weighted by Crippen LogP contribution is -2.19. The molecule has 0 unspecified atom stereocenters. The van der Waals surface area contributed by atoms with Crippen LogP contribution in [0.25, 0.3) is 22.2 Å². The Morgan fingerprint density at radius 1 is 1.00 bits per heavy atom. The predicted octanol–water partition coefficient (Wildman–Crippen LogP) is 3.09. The molecule has 0 atom stereocenters. The molecule has 1 aromatic carbocycles. The van der Waals surface area contributed by atoms with Gasteiger partial charge in [-0.05, 0) is 18.2 Å². The van der Waals surface area contributed by atoms with Crippen LogP contribution in [0.15, 0.2) is 60.0 Å². The van der Waals surface area contributed by atoms with Gasteiger partial charge in [-0.2, -0.15) is 35.9 Å². The van der Waals surface area contributed by atoms with Gasteiger partial charge < -0.3 is 0 Å². The molecule has 11 heteroatoms. The first kappa shape index (κ1) is 18.2. The number of benzene rings is 1. The maximum atomic E-state index is 13.3. The maximum Gasteiger partial charge on any atom is 0.417 e. The Labute approximate surface area is 157 Å². The number of halogens is 3. The van der Waals surface area contributed by atoms with Crippen LogP contribution in [0.2, 0.25) is 0 Å². The van der Waals surface area contributed by atoms with E-state index >= 15 is 0 Å². The third-order valence-corrected chi connectivity index (χ3v) is 5.78. The van der Waals surface area contributed by atoms with E-state index in [2.05, 4.69) is 15.2 Å². The van der Waals surface area contributed by atoms with Gasteiger partial charge in [0.25, 0.3) is 10.0 Å². The van der Waals surface area contributed by atoms with E-state index in [1.165, 1.54) is 24.5 Å². The number of hydrogen-bond acceptors (Lipinski definition) is 5. The molecule has 4 aromatic rings. The molecule has 0 spiro atoms. The van der Waals surface area contributed by atoms with Crippen LogP contribution in [-0.2, 0) is 23.2 Å². The summed E-state index contributed by atoms with van der Waals surface area (Å²) in [5.41, 5.74) is 0.286. The fourth-order valence-corrected chi connectivity index (χ4v) is 4.30. The monoisotopic (exact) mass is 407 g/mol. The van der Waals surface area contributed by atoms with Crippen LogP contribution in [-0.4, -0.2) is 32.4 Å². The Balaban J connectivity index is 1.92. The number of aromatic nitrogens is 5. The minimum Gasteiger partial charge on any atom is -0.275 e. The second kappa shape index (κ2) is 6.16. The van der Waals surface area contributed by atoms with Gasteiger partial charge in [-0.1, -0.05) is 12.1 Å². The van der Waals surface area contributed by atoms with Gasteiger partial charge in [-0.15, -0.1) is 0 Å². The summed E-state index contributed by atoms with van der Waals surface area (Å²) in [5.74, 6) is 0. The number of alkyl halides is 3. The summed E-state index contributed by atoms with van der Waals surface area (Å²) in [5, 5.41) is 7.83. The van der Waals surface area contributed by atoms with E-state index in [4.69, 9.17) is 0 Å². The van der Waals surface area contributed by atoms with Crippen LogP contribution in [0, 0.1) is 0 Å². The number of nitrogens with zero attached hydrogens (tertiary/aromatic N) is 5. The second-order valence-corrected chi connectivity index (χ2v) is 7.75. The highest BCUT2D eigenvalue weighted by Gasteiger charge is 2.38. The first-order valence-corrected chi connectivity index (χ1v) is 9.36. The van der Waals surface area contributed by atoms with Crippen LogP contribution in [0.1, 0.15) is 5.56 Å². The van der Waals surface area contributed by atoms with Crippen LogP contribution in [0.5, 0.6) is 0 Å². The van der Waals surface area contributed by atoms with Crippen LogP contribution >= 0.6 is 0 Å². The summed E-state index contributed by atoms with van der Waals surface area (Å²) >= 11 is 0. The van der Waals surface area contributed by atoms with E-state index in [-0.39, 0.29) is 11.0 Å². The lowest BCUT2D eigenvalue weighted by molar-refractivity contribution is -0.139. The average Bonchev–Trinajstić information content (AvgIpc) is 3.27. The van der Waals surface area contributed by atoms with Gasteiger partial charge in [0.15, 0.2) is 0 Å². The van der Waals surface area contributed by atoms with Crippen molar-refractivity contribution in [3.05, 3.63) is 60.7 Å². The van der Waals surface area contributed by atoms with Crippen molar-refractivity contribution in [3.63, 3.8) is 0 Å². The first-order chi connectivity index (χ1) is 13.2. The molecule has 0 N–H and O–H groups in total. The van der Waals surface area contributed by atoms with Gasteiger partial charge in [-0.3, -0.25) is 9.67 Å². The normalized spacial score (nSPS) is 12.6. The highest BCUT2D eigenvalue weighted by molar-refractivity contribution is 7.90. The van der Waals surface area contributed by atoms with Crippen LogP contribution in [0.4, 0.5) is 13.2 Å². The maximum absolute atomic E-state index is 13.3. The zero-order valence-electron chi connectivity index (χ0n) is 14.3. The molecular weight excluding hydrogens is 395 g/mol. The van der Waals surface area contributed by atoms with E-state index in [1.807, 2.05) is 0 Å². The van der Waals surface area contributed by atoms with Crippen molar-refractivity contribution in [2.24, 2.45) is 7.05 Å². The Morgan fingerprint density at radius 2 is 1.75 bits per heavy atom. The molecule has 0 aliphatic rings. The van der Waals surface area contributed by atoms with Gasteiger partial charge in [0.2, 0.25) is 0 Å². The highest BCUT2D eigenvalue weighted by atomic mass is 32.2. The summed E-state index contributed by atoms with van der Waals surface area (Å²) in [6.07, 6.45) is 1.15. The Hall–Kier alpha value is -3.21. The largest absolute Gasteiger partial charge is 0.417 e. The third kappa shape index (κ3) is 2.93. The van der Waals surface area contributed by atoms with Gasteiger partial charge in [0.05, 0.1) is 18.0 Å². The number of pyridine rings is 1. The molecule has 0 fully saturated rings. The quantitative estimate of drug-likeness (QED) is 0.521. The molecule has 3 heterocycles. The van der Waals surface area contributed by atoms with Crippen molar-refractivity contribution in [1.29, 1.82) is 0 Å². The molecule has 0 radical (unpaired) electrons. The molecule has 3 aromatic heterocycles. The lowest BCUT2D eigenvalue weighted by Gasteiger charge is -2.13. The zero-order chi connectivity index (χ0) is 20.1. The van der Waals surface area contributed by atoms with Crippen molar-refractivity contribution in [2.45, 2.75) is 11.1 Å². The topological polar surface area (TPSA) is 82.7 Å². The van der Waals surface area contributed by atoms with Crippen molar-refractivity contribution in [3.8, 4) is 11.1 Å². The SMILES string of the molecule is Cn1cc(-c2cnc3cnn(S(=O)(=O)c4ccccc4C(F)(F)F)c3c2)cn1. The minimum atomic E-state index is -4.83. The molecule has 0 saturated heterocycles. The average molecular weight is 407 g/mol. The van der Waals surface area contributed by atoms with Crippen LogP contribution in [0.3, 0.4) is 0 Å². The molecule has 0 bridgehead atoms. The Kier molecular flexibility index (Phi) is 4.00. The van der Waals surface area contributed by atoms with E-state index in [1.54, 1.807) is 24.1 Å². The van der Waals surface area contributed by atoms with E-state index in [0.717, 1.165) is 18.2 Å². The number of rotatable bonds is 3. The molecule has 0 amide bonds. The number of aryl methyl sites for hydroxylation is 1. The van der Waals surface area contributed by atoms with Crippen molar-refractivity contribution < 1.29 is 21.6 Å². The van der Waals surface area contributed by atoms with Gasteiger partial charge in [0, 0.05) is 30.6 Å². The molecule has 7 nitrogen and oxygen atoms in total. The molecule has 0 aliphatic carbocycles. The smallest absolute Gasteiger partial charge is 0.275 e. The van der Waals surface area contributed by atoms with Crippen molar-refractivity contribution >= 4 is 21.1 Å². The Bertz CT molecular complexity index is 1290. The summed E-state index contributed by atoms with van der Waals surface area (Å²) in [6, 6.07) is 5.49. The molecule has 28 heavy (non-hydrogen) atoms. The van der Waals surface area contributed by atoms with E-state index in [0.29, 0.717) is 15.2 Å². The van der Waals surface area contributed by atoms with Crippen LogP contribution < -0.4 is 0 Å². The standard InChI is InChI=1S/C17H12F3N5O2S/c1-24-10-12(8-22-24)11-6-15-14(21-7-11)9-23-25(15)28(26,27)16-5-3-2-4-13(16)17(18,19)20/h2-10H,1H3. The molecule has 0 saturated carbocycles. The molecule has 144 valence electrons. The summed E-state index contributed by atoms with van der Waals surface area (Å²) in [6.45, 7) is 0. The summed E-state index contributed by atoms with van der Waals surface area (Å²) < 4.78 is 68.0. The fourth-order valence-electron chi connectivity index (χ4n) is 2.82. The third-order valence-electron chi connectivity index (χ3n) is 4.12. The van der Waals surface area contributed by atoms with Crippen molar-refractivity contribution in [2.75, 3.05) is 0 Å². The fraction of sp³-hybridized carbons (Fsp3) is 0.118. The first-order valence-electron chi connectivity index (χ1n) is 7.92. The lowest BCUT2D eigenvalue weighted by atomic mass is 10.1. The van der Waals surface area contributed by atoms with Gasteiger partial charge >= 0.3 is 6.18 Å². The van der Waals surface area contributed by atoms with Crippen molar-refractivity contribution in [1.82, 2.24) is 24.0 Å². The number of hydrogen-bond donors (Lipinski definition) is 0. The minimum absolute atomic E-state index is 0.0679. The summed E-state index contributed by atoms with van der Waals surface area (Å²) in [7, 11) is -2.88. The second-order valence-electron chi connectivity index (χ2n) is 6.02. The molecule has 4 rings (SSSR count). The van der Waals surface area contributed by atoms with Gasteiger partial charge in [-0.25, -0.2) is 0 Å². The zero-order valence-corrected chi connectivity index (χ0v) is 15.1. The molecule has 0 aliphatic heterocycles. The Morgan fingerprint density at radius 3 is 2.43 bits per heavy atom. The van der Waals surface area contributed by atoms with E-state index in [9.17, 15) is 21.6 Å². The predicted molar refractivity (Wildman–Crippen MR) is 93.8 cm³/mol. The number of fused-ring (bicyclic) bond motifs is 1. The van der Waals surface area contributed by atoms with Gasteiger partial charge in [0.1, 0.15) is 15.9 Å².